The van der Waals surface area contributed by atoms with E-state index in [2.05, 4.69) is 20.7 Å². The molecule has 0 bridgehead atoms. The van der Waals surface area contributed by atoms with Crippen molar-refractivity contribution in [2.75, 3.05) is 17.4 Å². The first-order valence-corrected chi connectivity index (χ1v) is 6.36. The second-order valence-electron chi connectivity index (χ2n) is 2.95. The van der Waals surface area contributed by atoms with Crippen LogP contribution in [0.1, 0.15) is 0 Å². The number of benzene rings is 1. The van der Waals surface area contributed by atoms with Crippen LogP contribution >= 0.6 is 15.9 Å². The Hall–Kier alpha value is -0.590. The van der Waals surface area contributed by atoms with Gasteiger partial charge in [0.2, 0.25) is 0 Å². The van der Waals surface area contributed by atoms with Crippen LogP contribution in [0.5, 0.6) is 0 Å². The van der Waals surface area contributed by atoms with Gasteiger partial charge >= 0.3 is 10.2 Å². The van der Waals surface area contributed by atoms with Crippen LogP contribution in [0.25, 0.3) is 0 Å². The molecule has 0 amide bonds. The minimum absolute atomic E-state index is 0.467. The Bertz CT molecular complexity index is 446. The predicted octanol–water partition coefficient (Wildman–Crippen LogP) is 1.10. The van der Waals surface area contributed by atoms with E-state index in [-0.39, 0.29) is 0 Å². The highest BCUT2D eigenvalue weighted by Gasteiger charge is 2.27. The largest absolute Gasteiger partial charge is 0.301 e. The van der Waals surface area contributed by atoms with Gasteiger partial charge in [-0.15, -0.1) is 0 Å². The van der Waals surface area contributed by atoms with Crippen molar-refractivity contribution in [2.45, 2.75) is 0 Å². The van der Waals surface area contributed by atoms with Crippen LogP contribution in [0.4, 0.5) is 5.69 Å². The van der Waals surface area contributed by atoms with Crippen molar-refractivity contribution in [3.05, 3.63) is 28.7 Å². The van der Waals surface area contributed by atoms with Crippen molar-refractivity contribution in [1.82, 2.24) is 4.72 Å². The number of nitrogens with one attached hydrogen (secondary N) is 1. The van der Waals surface area contributed by atoms with Crippen LogP contribution in [0.15, 0.2) is 28.7 Å². The molecule has 1 aliphatic heterocycles. The number of hydrogen-bond acceptors (Lipinski definition) is 2. The van der Waals surface area contributed by atoms with Crippen LogP contribution in [0, 0.1) is 0 Å². The second-order valence-corrected chi connectivity index (χ2v) is 5.55. The molecule has 0 unspecified atom stereocenters. The molecule has 1 fully saturated rings. The molecule has 2 rings (SSSR count). The molecule has 4 nitrogen and oxygen atoms in total. The summed E-state index contributed by atoms with van der Waals surface area (Å²) in [6.07, 6.45) is 0. The smallest absolute Gasteiger partial charge is 0.256 e. The van der Waals surface area contributed by atoms with Crippen molar-refractivity contribution >= 4 is 31.8 Å². The minimum atomic E-state index is -3.29. The summed E-state index contributed by atoms with van der Waals surface area (Å²) in [4.78, 5) is 0. The van der Waals surface area contributed by atoms with Crippen molar-refractivity contribution in [3.63, 3.8) is 0 Å². The highest BCUT2D eigenvalue weighted by Crippen LogP contribution is 2.23. The predicted molar refractivity (Wildman–Crippen MR) is 58.4 cm³/mol. The molecule has 1 aliphatic rings. The van der Waals surface area contributed by atoms with E-state index in [1.54, 1.807) is 12.1 Å². The van der Waals surface area contributed by atoms with E-state index in [1.807, 2.05) is 12.1 Å². The molecule has 1 aromatic rings. The van der Waals surface area contributed by atoms with E-state index < -0.39 is 10.2 Å². The zero-order chi connectivity index (χ0) is 10.2. The van der Waals surface area contributed by atoms with Crippen LogP contribution in [0.3, 0.4) is 0 Å². The average Bonchev–Trinajstić information content (AvgIpc) is 2.45. The van der Waals surface area contributed by atoms with Crippen LogP contribution in [-0.4, -0.2) is 21.5 Å². The molecule has 0 radical (unpaired) electrons. The van der Waals surface area contributed by atoms with Gasteiger partial charge in [-0.05, 0) is 18.2 Å². The third-order valence-corrected chi connectivity index (χ3v) is 4.02. The topological polar surface area (TPSA) is 49.4 Å². The zero-order valence-corrected chi connectivity index (χ0v) is 9.68. The molecule has 0 aromatic heterocycles. The number of hydrogen-bond donors (Lipinski definition) is 1. The summed E-state index contributed by atoms with van der Waals surface area (Å²) in [5.41, 5.74) is 0.685. The minimum Gasteiger partial charge on any atom is -0.256 e. The molecule has 76 valence electrons. The molecule has 1 heterocycles. The third-order valence-electron chi connectivity index (χ3n) is 1.99. The van der Waals surface area contributed by atoms with Gasteiger partial charge in [-0.3, -0.25) is 4.31 Å². The molecule has 0 atom stereocenters. The molecular formula is C8H9BrN2O2S. The number of rotatable bonds is 1. The van der Waals surface area contributed by atoms with Crippen LogP contribution in [0.2, 0.25) is 0 Å². The van der Waals surface area contributed by atoms with E-state index in [1.165, 1.54) is 4.31 Å². The van der Waals surface area contributed by atoms with E-state index >= 15 is 0 Å². The Kier molecular flexibility index (Phi) is 2.50. The van der Waals surface area contributed by atoms with Crippen LogP contribution < -0.4 is 9.03 Å². The molecule has 14 heavy (non-hydrogen) atoms. The molecule has 1 saturated heterocycles. The lowest BCUT2D eigenvalue weighted by atomic mass is 10.3. The van der Waals surface area contributed by atoms with Gasteiger partial charge in [-0.2, -0.15) is 13.1 Å². The first-order valence-electron chi connectivity index (χ1n) is 4.12. The summed E-state index contributed by atoms with van der Waals surface area (Å²) in [5.74, 6) is 0. The normalized spacial score (nSPS) is 19.9. The summed E-state index contributed by atoms with van der Waals surface area (Å²) in [6.45, 7) is 0.952. The molecule has 0 spiro atoms. The maximum absolute atomic E-state index is 11.5. The fourth-order valence-electron chi connectivity index (χ4n) is 1.37. The lowest BCUT2D eigenvalue weighted by molar-refractivity contribution is 0.591. The number of anilines is 1. The van der Waals surface area contributed by atoms with E-state index in [4.69, 9.17) is 0 Å². The summed E-state index contributed by atoms with van der Waals surface area (Å²) in [5, 5.41) is 0. The summed E-state index contributed by atoms with van der Waals surface area (Å²) < 4.78 is 27.6. The molecule has 0 saturated carbocycles. The fourth-order valence-corrected chi connectivity index (χ4v) is 2.99. The quantitative estimate of drug-likeness (QED) is 0.835. The van der Waals surface area contributed by atoms with Gasteiger partial charge in [-0.1, -0.05) is 22.0 Å². The monoisotopic (exact) mass is 276 g/mol. The summed E-state index contributed by atoms with van der Waals surface area (Å²) in [7, 11) is -3.29. The number of halogens is 1. The van der Waals surface area contributed by atoms with Gasteiger partial charge < -0.3 is 0 Å². The van der Waals surface area contributed by atoms with Crippen LogP contribution in [-0.2, 0) is 10.2 Å². The van der Waals surface area contributed by atoms with Gasteiger partial charge in [0, 0.05) is 17.6 Å². The second kappa shape index (κ2) is 3.52. The number of nitrogens with zero attached hydrogens (tertiary/aromatic N) is 1. The van der Waals surface area contributed by atoms with Gasteiger partial charge in [-0.25, -0.2) is 0 Å². The van der Waals surface area contributed by atoms with Gasteiger partial charge in [0.05, 0.1) is 5.69 Å². The standard InChI is InChI=1S/C8H9BrN2O2S/c9-7-2-1-3-8(6-7)11-5-4-10-14(11,12)13/h1-3,6,10H,4-5H2. The van der Waals surface area contributed by atoms with Gasteiger partial charge in [0.15, 0.2) is 0 Å². The lowest BCUT2D eigenvalue weighted by Gasteiger charge is -2.15. The van der Waals surface area contributed by atoms with E-state index in [9.17, 15) is 8.42 Å². The maximum atomic E-state index is 11.5. The Morgan fingerprint density at radius 3 is 2.79 bits per heavy atom. The average molecular weight is 277 g/mol. The molecule has 6 heteroatoms. The first kappa shape index (κ1) is 9.95. The van der Waals surface area contributed by atoms with E-state index in [0.717, 1.165) is 4.47 Å². The Morgan fingerprint density at radius 1 is 1.43 bits per heavy atom. The van der Waals surface area contributed by atoms with Gasteiger partial charge in [0.1, 0.15) is 0 Å². The molecular weight excluding hydrogens is 268 g/mol. The van der Waals surface area contributed by atoms with E-state index in [0.29, 0.717) is 18.8 Å². The Morgan fingerprint density at radius 2 is 2.21 bits per heavy atom. The summed E-state index contributed by atoms with van der Waals surface area (Å²) in [6, 6.07) is 7.23. The lowest BCUT2D eigenvalue weighted by Crippen LogP contribution is -2.29. The SMILES string of the molecule is O=S1(=O)NCCN1c1cccc(Br)c1. The molecule has 1 N–H and O–H groups in total. The first-order chi connectivity index (χ1) is 6.59. The fraction of sp³-hybridized carbons (Fsp3) is 0.250. The maximum Gasteiger partial charge on any atom is 0.301 e. The highest BCUT2D eigenvalue weighted by molar-refractivity contribution is 9.10. The molecule has 1 aromatic carbocycles. The third kappa shape index (κ3) is 1.77. The Labute approximate surface area is 91.2 Å². The van der Waals surface area contributed by atoms with Crippen molar-refractivity contribution < 1.29 is 8.42 Å². The molecule has 0 aliphatic carbocycles. The summed E-state index contributed by atoms with van der Waals surface area (Å²) >= 11 is 3.30. The zero-order valence-electron chi connectivity index (χ0n) is 7.27. The van der Waals surface area contributed by atoms with Crippen molar-refractivity contribution in [1.29, 1.82) is 0 Å². The van der Waals surface area contributed by atoms with Crippen molar-refractivity contribution in [2.24, 2.45) is 0 Å². The highest BCUT2D eigenvalue weighted by atomic mass is 79.9. The van der Waals surface area contributed by atoms with Gasteiger partial charge in [0.25, 0.3) is 0 Å². The Balaban J connectivity index is 2.41. The van der Waals surface area contributed by atoms with Crippen molar-refractivity contribution in [3.8, 4) is 0 Å².